The van der Waals surface area contributed by atoms with E-state index >= 15 is 0 Å². The lowest BCUT2D eigenvalue weighted by molar-refractivity contribution is 0.450. The number of hydrogen-bond acceptors (Lipinski definition) is 5. The van der Waals surface area contributed by atoms with Gasteiger partial charge in [0.05, 0.1) is 5.69 Å². The maximum Gasteiger partial charge on any atom is 0.227 e. The maximum absolute atomic E-state index is 9.81. The van der Waals surface area contributed by atoms with Crippen molar-refractivity contribution in [1.29, 1.82) is 0 Å². The molecule has 0 aliphatic carbocycles. The first-order chi connectivity index (χ1) is 12.6. The molecule has 4 aromatic rings. The summed E-state index contributed by atoms with van der Waals surface area (Å²) in [6.07, 6.45) is 1.54. The Labute approximate surface area is 149 Å². The van der Waals surface area contributed by atoms with Crippen LogP contribution in [-0.4, -0.2) is 21.4 Å². The summed E-state index contributed by atoms with van der Waals surface area (Å²) in [5.41, 5.74) is 4.68. The van der Waals surface area contributed by atoms with Crippen molar-refractivity contribution in [3.05, 3.63) is 71.8 Å². The van der Waals surface area contributed by atoms with Crippen LogP contribution < -0.4 is 0 Å². The van der Waals surface area contributed by atoms with Gasteiger partial charge in [-0.15, -0.1) is 0 Å². The Kier molecular flexibility index (Phi) is 3.89. The van der Waals surface area contributed by atoms with Crippen LogP contribution in [0, 0.1) is 6.92 Å². The number of oxazole rings is 1. The number of aryl methyl sites for hydroxylation is 1. The van der Waals surface area contributed by atoms with Gasteiger partial charge in [0.2, 0.25) is 5.89 Å². The van der Waals surface area contributed by atoms with Crippen LogP contribution in [0.15, 0.2) is 70.1 Å². The second kappa shape index (κ2) is 6.37. The average Bonchev–Trinajstić information content (AvgIpc) is 3.04. The molecule has 0 saturated carbocycles. The predicted octanol–water partition coefficient (Wildman–Crippen LogP) is 4.97. The molecule has 0 aliphatic heterocycles. The van der Waals surface area contributed by atoms with Crippen molar-refractivity contribution in [3.63, 3.8) is 0 Å². The minimum atomic E-state index is -0.0296. The molecule has 0 saturated heterocycles. The molecule has 26 heavy (non-hydrogen) atoms. The third-order valence-corrected chi connectivity index (χ3v) is 4.00. The number of phenolic OH excluding ortho intramolecular Hbond substituents is 2. The Morgan fingerprint density at radius 2 is 1.88 bits per heavy atom. The highest BCUT2D eigenvalue weighted by atomic mass is 16.3. The normalized spacial score (nSPS) is 11.4. The fourth-order valence-electron chi connectivity index (χ4n) is 2.68. The number of rotatable bonds is 3. The zero-order valence-electron chi connectivity index (χ0n) is 14.0. The summed E-state index contributed by atoms with van der Waals surface area (Å²) in [6, 6.07) is 17.8. The minimum absolute atomic E-state index is 0.00680. The van der Waals surface area contributed by atoms with E-state index in [1.165, 1.54) is 18.3 Å². The highest BCUT2D eigenvalue weighted by Crippen LogP contribution is 2.28. The van der Waals surface area contributed by atoms with E-state index in [-0.39, 0.29) is 11.5 Å². The van der Waals surface area contributed by atoms with Crippen LogP contribution in [0.1, 0.15) is 11.1 Å². The zero-order valence-corrected chi connectivity index (χ0v) is 14.0. The van der Waals surface area contributed by atoms with Crippen LogP contribution in [0.25, 0.3) is 22.6 Å². The van der Waals surface area contributed by atoms with Crippen LogP contribution in [0.4, 0.5) is 5.69 Å². The molecule has 0 aliphatic rings. The van der Waals surface area contributed by atoms with E-state index in [4.69, 9.17) is 4.42 Å². The Morgan fingerprint density at radius 1 is 1.00 bits per heavy atom. The summed E-state index contributed by atoms with van der Waals surface area (Å²) in [4.78, 5) is 8.91. The summed E-state index contributed by atoms with van der Waals surface area (Å²) in [5, 5.41) is 19.1. The lowest BCUT2D eigenvalue weighted by Crippen LogP contribution is -1.81. The lowest BCUT2D eigenvalue weighted by atomic mass is 10.1. The van der Waals surface area contributed by atoms with Gasteiger partial charge in [0.15, 0.2) is 5.58 Å². The number of phenols is 2. The van der Waals surface area contributed by atoms with Gasteiger partial charge in [-0.05, 0) is 49.4 Å². The zero-order chi connectivity index (χ0) is 18.1. The van der Waals surface area contributed by atoms with Gasteiger partial charge in [0.25, 0.3) is 0 Å². The van der Waals surface area contributed by atoms with Crippen molar-refractivity contribution in [2.24, 2.45) is 4.99 Å². The first-order valence-electron chi connectivity index (χ1n) is 8.12. The summed E-state index contributed by atoms with van der Waals surface area (Å²) in [5.74, 6) is 0.548. The first kappa shape index (κ1) is 15.9. The molecule has 0 amide bonds. The minimum Gasteiger partial charge on any atom is -0.508 e. The summed E-state index contributed by atoms with van der Waals surface area (Å²) in [7, 11) is 0. The molecular weight excluding hydrogens is 328 g/mol. The van der Waals surface area contributed by atoms with Crippen molar-refractivity contribution in [1.82, 2.24) is 4.98 Å². The van der Waals surface area contributed by atoms with E-state index in [2.05, 4.69) is 9.98 Å². The third-order valence-electron chi connectivity index (χ3n) is 4.00. The van der Waals surface area contributed by atoms with Crippen LogP contribution >= 0.6 is 0 Å². The maximum atomic E-state index is 9.81. The molecule has 3 aromatic carbocycles. The van der Waals surface area contributed by atoms with E-state index in [1.54, 1.807) is 6.07 Å². The van der Waals surface area contributed by atoms with Crippen molar-refractivity contribution in [3.8, 4) is 23.0 Å². The molecule has 0 spiro atoms. The topological polar surface area (TPSA) is 78.9 Å². The molecule has 0 radical (unpaired) electrons. The molecule has 0 unspecified atom stereocenters. The molecule has 2 N–H and O–H groups in total. The van der Waals surface area contributed by atoms with Gasteiger partial charge in [-0.25, -0.2) is 4.98 Å². The molecule has 5 heteroatoms. The molecule has 0 fully saturated rings. The average molecular weight is 344 g/mol. The van der Waals surface area contributed by atoms with E-state index in [0.29, 0.717) is 28.2 Å². The smallest absolute Gasteiger partial charge is 0.227 e. The third kappa shape index (κ3) is 3.15. The van der Waals surface area contributed by atoms with Crippen LogP contribution in [0.5, 0.6) is 11.5 Å². The number of hydrogen-bond donors (Lipinski definition) is 2. The quantitative estimate of drug-likeness (QED) is 0.515. The highest BCUT2D eigenvalue weighted by molar-refractivity contribution is 5.87. The monoisotopic (exact) mass is 344 g/mol. The highest BCUT2D eigenvalue weighted by Gasteiger charge is 2.09. The summed E-state index contributed by atoms with van der Waals surface area (Å²) < 4.78 is 5.83. The Bertz CT molecular complexity index is 1130. The SMILES string of the molecule is Cc1cccc(-c2nc3cc(N=Cc4ccc(O)cc4O)ccc3o2)c1. The van der Waals surface area contributed by atoms with Gasteiger partial charge in [0.1, 0.15) is 17.0 Å². The number of aromatic nitrogens is 1. The summed E-state index contributed by atoms with van der Waals surface area (Å²) >= 11 is 0. The van der Waals surface area contributed by atoms with Gasteiger partial charge in [0, 0.05) is 23.4 Å². The fraction of sp³-hybridized carbons (Fsp3) is 0.0476. The van der Waals surface area contributed by atoms with Crippen molar-refractivity contribution < 1.29 is 14.6 Å². The van der Waals surface area contributed by atoms with Gasteiger partial charge < -0.3 is 14.6 Å². The molecule has 1 aromatic heterocycles. The van der Waals surface area contributed by atoms with Gasteiger partial charge in [-0.1, -0.05) is 17.7 Å². The lowest BCUT2D eigenvalue weighted by Gasteiger charge is -1.99. The van der Waals surface area contributed by atoms with Gasteiger partial charge in [-0.3, -0.25) is 4.99 Å². The fourth-order valence-corrected chi connectivity index (χ4v) is 2.68. The Balaban J connectivity index is 1.66. The van der Waals surface area contributed by atoms with E-state index in [9.17, 15) is 10.2 Å². The second-order valence-electron chi connectivity index (χ2n) is 6.04. The number of aliphatic imine (C=N–C) groups is 1. The molecule has 4 rings (SSSR count). The Hall–Kier alpha value is -3.60. The molecule has 0 bridgehead atoms. The van der Waals surface area contributed by atoms with E-state index < -0.39 is 0 Å². The van der Waals surface area contributed by atoms with Crippen molar-refractivity contribution >= 4 is 23.0 Å². The van der Waals surface area contributed by atoms with Crippen molar-refractivity contribution in [2.75, 3.05) is 0 Å². The first-order valence-corrected chi connectivity index (χ1v) is 8.12. The number of aromatic hydroxyl groups is 2. The second-order valence-corrected chi connectivity index (χ2v) is 6.04. The van der Waals surface area contributed by atoms with E-state index in [1.807, 2.05) is 49.4 Å². The largest absolute Gasteiger partial charge is 0.508 e. The van der Waals surface area contributed by atoms with Gasteiger partial charge in [-0.2, -0.15) is 0 Å². The molecule has 1 heterocycles. The molecule has 5 nitrogen and oxygen atoms in total. The predicted molar refractivity (Wildman–Crippen MR) is 101 cm³/mol. The number of benzene rings is 3. The van der Waals surface area contributed by atoms with Crippen LogP contribution in [0.2, 0.25) is 0 Å². The van der Waals surface area contributed by atoms with Crippen LogP contribution in [-0.2, 0) is 0 Å². The summed E-state index contributed by atoms with van der Waals surface area (Å²) in [6.45, 7) is 2.03. The van der Waals surface area contributed by atoms with Gasteiger partial charge >= 0.3 is 0 Å². The molecule has 128 valence electrons. The molecule has 0 atom stereocenters. The molecular formula is C21H16N2O3. The van der Waals surface area contributed by atoms with Crippen molar-refractivity contribution in [2.45, 2.75) is 6.92 Å². The van der Waals surface area contributed by atoms with Crippen LogP contribution in [0.3, 0.4) is 0 Å². The standard InChI is InChI=1S/C21H16N2O3/c1-13-3-2-4-14(9-13)21-23-18-10-16(6-8-20(18)26-21)22-12-15-5-7-17(24)11-19(15)25/h2-12,24-25H,1H3. The number of nitrogens with zero attached hydrogens (tertiary/aromatic N) is 2. The number of fused-ring (bicyclic) bond motifs is 1. The van der Waals surface area contributed by atoms with E-state index in [0.717, 1.165) is 11.1 Å². The Morgan fingerprint density at radius 3 is 2.69 bits per heavy atom.